The van der Waals surface area contributed by atoms with Crippen LogP contribution in [0.5, 0.6) is 0 Å². The Labute approximate surface area is 97.2 Å². The number of aromatic nitrogens is 1. The summed E-state index contributed by atoms with van der Waals surface area (Å²) in [5.41, 5.74) is 5.07. The van der Waals surface area contributed by atoms with Crippen molar-refractivity contribution >= 4 is 34.8 Å². The van der Waals surface area contributed by atoms with Crippen molar-refractivity contribution in [1.29, 1.82) is 0 Å². The number of nitrogens with one attached hydrogen (secondary N) is 3. The highest BCUT2D eigenvalue weighted by Crippen LogP contribution is 2.07. The zero-order valence-electron chi connectivity index (χ0n) is 7.87. The van der Waals surface area contributed by atoms with Crippen LogP contribution in [0.4, 0.5) is 0 Å². The number of pyridine rings is 1. The third-order valence-corrected chi connectivity index (χ3v) is 2.01. The number of thiocarbonyl (C=S) groups is 1. The lowest BCUT2D eigenvalue weighted by Gasteiger charge is -2.07. The molecule has 7 heteroatoms. The van der Waals surface area contributed by atoms with Crippen molar-refractivity contribution in [2.24, 2.45) is 0 Å². The third kappa shape index (κ3) is 3.69. The van der Waals surface area contributed by atoms with Crippen molar-refractivity contribution < 1.29 is 4.79 Å². The van der Waals surface area contributed by atoms with E-state index in [2.05, 4.69) is 21.2 Å². The van der Waals surface area contributed by atoms with Crippen LogP contribution in [0.25, 0.3) is 0 Å². The van der Waals surface area contributed by atoms with Gasteiger partial charge in [0.25, 0.3) is 5.91 Å². The second-order valence-corrected chi connectivity index (χ2v) is 3.36. The normalized spacial score (nSPS) is 9.20. The second-order valence-electron chi connectivity index (χ2n) is 2.52. The molecule has 15 heavy (non-hydrogen) atoms. The number of halogens is 1. The van der Waals surface area contributed by atoms with Crippen molar-refractivity contribution in [3.63, 3.8) is 0 Å². The van der Waals surface area contributed by atoms with Crippen molar-refractivity contribution in [3.8, 4) is 0 Å². The fourth-order valence-corrected chi connectivity index (χ4v) is 0.980. The second kappa shape index (κ2) is 5.47. The van der Waals surface area contributed by atoms with Gasteiger partial charge in [-0.25, -0.2) is 0 Å². The van der Waals surface area contributed by atoms with E-state index in [1.807, 2.05) is 0 Å². The Hall–Kier alpha value is -1.40. The fourth-order valence-electron chi connectivity index (χ4n) is 0.769. The third-order valence-electron chi connectivity index (χ3n) is 1.47. The summed E-state index contributed by atoms with van der Waals surface area (Å²) >= 11 is 10.5. The predicted molar refractivity (Wildman–Crippen MR) is 61.5 cm³/mol. The van der Waals surface area contributed by atoms with E-state index < -0.39 is 5.91 Å². The maximum absolute atomic E-state index is 11.4. The van der Waals surface area contributed by atoms with Gasteiger partial charge in [-0.2, -0.15) is 0 Å². The first-order valence-corrected chi connectivity index (χ1v) is 4.81. The topological polar surface area (TPSA) is 66.0 Å². The van der Waals surface area contributed by atoms with Crippen LogP contribution in [-0.2, 0) is 0 Å². The Morgan fingerprint density at radius 2 is 2.27 bits per heavy atom. The molecule has 0 fully saturated rings. The quantitative estimate of drug-likeness (QED) is 0.495. The zero-order valence-corrected chi connectivity index (χ0v) is 9.45. The molecule has 0 saturated carbocycles. The monoisotopic (exact) mass is 244 g/mol. The number of carbonyl (C=O) groups is 1. The van der Waals surface area contributed by atoms with Gasteiger partial charge in [-0.05, 0) is 24.4 Å². The number of carbonyl (C=O) groups excluding carboxylic acids is 1. The van der Waals surface area contributed by atoms with Gasteiger partial charge in [-0.3, -0.25) is 20.6 Å². The summed E-state index contributed by atoms with van der Waals surface area (Å²) in [6.07, 6.45) is 1.45. The molecule has 0 unspecified atom stereocenters. The summed E-state index contributed by atoms with van der Waals surface area (Å²) < 4.78 is 0. The molecule has 1 amide bonds. The molecule has 0 aliphatic carbocycles. The molecule has 1 rings (SSSR count). The average Bonchev–Trinajstić information content (AvgIpc) is 2.25. The van der Waals surface area contributed by atoms with Gasteiger partial charge in [0.15, 0.2) is 5.11 Å². The first kappa shape index (κ1) is 11.7. The van der Waals surface area contributed by atoms with Crippen LogP contribution in [0.2, 0.25) is 5.02 Å². The standard InChI is InChI=1S/C8H9ClN4OS/c1-10-8(15)13-12-7(14)6-4-5(9)2-3-11-6/h2-4H,1H3,(H,12,14)(H2,10,13,15). The van der Waals surface area contributed by atoms with E-state index in [0.29, 0.717) is 10.1 Å². The summed E-state index contributed by atoms with van der Waals surface area (Å²) in [6, 6.07) is 3.05. The van der Waals surface area contributed by atoms with Gasteiger partial charge in [-0.1, -0.05) is 11.6 Å². The largest absolute Gasteiger partial charge is 0.364 e. The van der Waals surface area contributed by atoms with Crippen LogP contribution in [0.15, 0.2) is 18.3 Å². The zero-order chi connectivity index (χ0) is 11.3. The first-order chi connectivity index (χ1) is 7.13. The van der Waals surface area contributed by atoms with E-state index in [4.69, 9.17) is 23.8 Å². The summed E-state index contributed by atoms with van der Waals surface area (Å²) in [4.78, 5) is 15.3. The average molecular weight is 245 g/mol. The van der Waals surface area contributed by atoms with Crippen molar-refractivity contribution in [2.45, 2.75) is 0 Å². The molecule has 0 aromatic carbocycles. The van der Waals surface area contributed by atoms with E-state index in [-0.39, 0.29) is 5.69 Å². The van der Waals surface area contributed by atoms with Crippen LogP contribution in [0, 0.1) is 0 Å². The molecule has 0 aliphatic heterocycles. The van der Waals surface area contributed by atoms with Crippen LogP contribution >= 0.6 is 23.8 Å². The van der Waals surface area contributed by atoms with Crippen LogP contribution < -0.4 is 16.2 Å². The summed E-state index contributed by atoms with van der Waals surface area (Å²) in [7, 11) is 1.64. The van der Waals surface area contributed by atoms with Crippen LogP contribution in [0.1, 0.15) is 10.5 Å². The SMILES string of the molecule is CNC(=S)NNC(=O)c1cc(Cl)ccn1. The van der Waals surface area contributed by atoms with E-state index in [9.17, 15) is 4.79 Å². The molecule has 0 aliphatic rings. The molecule has 1 aromatic heterocycles. The summed E-state index contributed by atoms with van der Waals surface area (Å²) in [6.45, 7) is 0. The minimum absolute atomic E-state index is 0.217. The minimum Gasteiger partial charge on any atom is -0.364 e. The molecule has 80 valence electrons. The number of amides is 1. The lowest BCUT2D eigenvalue weighted by Crippen LogP contribution is -2.45. The van der Waals surface area contributed by atoms with Gasteiger partial charge < -0.3 is 5.32 Å². The van der Waals surface area contributed by atoms with Gasteiger partial charge in [0.2, 0.25) is 0 Å². The lowest BCUT2D eigenvalue weighted by molar-refractivity contribution is 0.0939. The Morgan fingerprint density at radius 3 is 2.87 bits per heavy atom. The highest BCUT2D eigenvalue weighted by molar-refractivity contribution is 7.80. The van der Waals surface area contributed by atoms with E-state index in [0.717, 1.165) is 0 Å². The molecule has 3 N–H and O–H groups in total. The molecule has 0 saturated heterocycles. The lowest BCUT2D eigenvalue weighted by atomic mass is 10.3. The van der Waals surface area contributed by atoms with Crippen molar-refractivity contribution in [2.75, 3.05) is 7.05 Å². The minimum atomic E-state index is -0.407. The maximum atomic E-state index is 11.4. The molecule has 1 heterocycles. The van der Waals surface area contributed by atoms with Gasteiger partial charge in [-0.15, -0.1) is 0 Å². The van der Waals surface area contributed by atoms with Gasteiger partial charge in [0.1, 0.15) is 5.69 Å². The van der Waals surface area contributed by atoms with E-state index in [1.165, 1.54) is 12.3 Å². The number of rotatable bonds is 1. The van der Waals surface area contributed by atoms with Crippen LogP contribution in [0.3, 0.4) is 0 Å². The number of nitrogens with zero attached hydrogens (tertiary/aromatic N) is 1. The molecule has 0 bridgehead atoms. The van der Waals surface area contributed by atoms with Gasteiger partial charge in [0, 0.05) is 18.3 Å². The fraction of sp³-hybridized carbons (Fsp3) is 0.125. The maximum Gasteiger partial charge on any atom is 0.288 e. The van der Waals surface area contributed by atoms with E-state index in [1.54, 1.807) is 13.1 Å². The van der Waals surface area contributed by atoms with Gasteiger partial charge in [0.05, 0.1) is 0 Å². The van der Waals surface area contributed by atoms with E-state index >= 15 is 0 Å². The Balaban J connectivity index is 2.58. The highest BCUT2D eigenvalue weighted by Gasteiger charge is 2.06. The molecular weight excluding hydrogens is 236 g/mol. The molecule has 1 aromatic rings. The molecule has 5 nitrogen and oxygen atoms in total. The van der Waals surface area contributed by atoms with Crippen LogP contribution in [-0.4, -0.2) is 23.1 Å². The first-order valence-electron chi connectivity index (χ1n) is 4.03. The number of hydrazine groups is 1. The Morgan fingerprint density at radius 1 is 1.53 bits per heavy atom. The number of hydrogen-bond donors (Lipinski definition) is 3. The van der Waals surface area contributed by atoms with Crippen molar-refractivity contribution in [3.05, 3.63) is 29.0 Å². The van der Waals surface area contributed by atoms with Gasteiger partial charge >= 0.3 is 0 Å². The molecule has 0 spiro atoms. The summed E-state index contributed by atoms with van der Waals surface area (Å²) in [5.74, 6) is -0.407. The molecule has 0 atom stereocenters. The predicted octanol–water partition coefficient (Wildman–Crippen LogP) is 0.474. The number of hydrogen-bond acceptors (Lipinski definition) is 3. The molecular formula is C8H9ClN4OS. The smallest absolute Gasteiger partial charge is 0.288 e. The molecule has 0 radical (unpaired) electrons. The Kier molecular flexibility index (Phi) is 4.26. The Bertz CT molecular complexity index is 385. The van der Waals surface area contributed by atoms with Crippen molar-refractivity contribution in [1.82, 2.24) is 21.2 Å². The highest BCUT2D eigenvalue weighted by atomic mass is 35.5. The summed E-state index contributed by atoms with van der Waals surface area (Å²) in [5, 5.41) is 3.40.